The standard InChI is InChI=1S/C14H16N2O/c1-2-9-5-11-13(17)8-15-4-3-10-7-16-12(6-9)14(10)11/h3-4,9H,2,5-8H2,1H3/b10-3-,15-4?. The Hall–Kier alpha value is -1.51. The van der Waals surface area contributed by atoms with Gasteiger partial charge < -0.3 is 0 Å². The lowest BCUT2D eigenvalue weighted by molar-refractivity contribution is -0.114. The first-order chi connectivity index (χ1) is 8.29. The third-order valence-electron chi connectivity index (χ3n) is 3.86. The van der Waals surface area contributed by atoms with Crippen LogP contribution in [0.4, 0.5) is 0 Å². The minimum absolute atomic E-state index is 0.189. The van der Waals surface area contributed by atoms with Gasteiger partial charge >= 0.3 is 0 Å². The number of carbonyl (C=O) groups is 1. The SMILES string of the molecule is CCC1CC2=NC/C3=C/C=NCC(=O)C(=C23)C1. The molecule has 1 atom stereocenters. The van der Waals surface area contributed by atoms with Crippen LogP contribution in [-0.2, 0) is 4.79 Å². The second kappa shape index (κ2) is 4.06. The number of hydrogen-bond donors (Lipinski definition) is 0. The van der Waals surface area contributed by atoms with Crippen molar-refractivity contribution in [1.82, 2.24) is 0 Å². The molecule has 0 bridgehead atoms. The average molecular weight is 228 g/mol. The Labute approximate surface area is 101 Å². The van der Waals surface area contributed by atoms with Gasteiger partial charge in [-0.1, -0.05) is 13.3 Å². The second-order valence-corrected chi connectivity index (χ2v) is 4.90. The fraction of sp³-hybridized carbons (Fsp3) is 0.500. The van der Waals surface area contributed by atoms with Crippen molar-refractivity contribution in [3.63, 3.8) is 0 Å². The van der Waals surface area contributed by atoms with Gasteiger partial charge in [0.25, 0.3) is 0 Å². The van der Waals surface area contributed by atoms with Crippen LogP contribution in [0.15, 0.2) is 32.8 Å². The lowest BCUT2D eigenvalue weighted by Crippen LogP contribution is -2.24. The van der Waals surface area contributed by atoms with E-state index >= 15 is 0 Å². The first-order valence-corrected chi connectivity index (χ1v) is 6.29. The van der Waals surface area contributed by atoms with E-state index in [0.717, 1.165) is 42.7 Å². The van der Waals surface area contributed by atoms with Crippen molar-refractivity contribution in [1.29, 1.82) is 0 Å². The number of hydrogen-bond acceptors (Lipinski definition) is 3. The molecule has 0 aromatic carbocycles. The summed E-state index contributed by atoms with van der Waals surface area (Å²) in [6.07, 6.45) is 6.84. The molecule has 0 saturated carbocycles. The summed E-state index contributed by atoms with van der Waals surface area (Å²) in [5.41, 5.74) is 4.49. The number of carbonyl (C=O) groups excluding carboxylic acids is 1. The van der Waals surface area contributed by atoms with Crippen molar-refractivity contribution in [2.24, 2.45) is 15.9 Å². The predicted molar refractivity (Wildman–Crippen MR) is 68.8 cm³/mol. The first-order valence-electron chi connectivity index (χ1n) is 6.29. The highest BCUT2D eigenvalue weighted by Gasteiger charge is 2.33. The summed E-state index contributed by atoms with van der Waals surface area (Å²) in [6, 6.07) is 0. The highest BCUT2D eigenvalue weighted by atomic mass is 16.1. The fourth-order valence-corrected chi connectivity index (χ4v) is 2.85. The Morgan fingerprint density at radius 2 is 2.24 bits per heavy atom. The van der Waals surface area contributed by atoms with Crippen LogP contribution in [0, 0.1) is 5.92 Å². The lowest BCUT2D eigenvalue weighted by Gasteiger charge is -2.25. The van der Waals surface area contributed by atoms with E-state index in [4.69, 9.17) is 0 Å². The molecule has 2 heterocycles. The maximum absolute atomic E-state index is 12.1. The van der Waals surface area contributed by atoms with Gasteiger partial charge in [0.15, 0.2) is 5.78 Å². The Morgan fingerprint density at radius 1 is 1.35 bits per heavy atom. The summed E-state index contributed by atoms with van der Waals surface area (Å²) >= 11 is 0. The molecule has 3 aliphatic rings. The van der Waals surface area contributed by atoms with Crippen molar-refractivity contribution in [2.45, 2.75) is 26.2 Å². The zero-order chi connectivity index (χ0) is 11.8. The zero-order valence-corrected chi connectivity index (χ0v) is 10.1. The maximum Gasteiger partial charge on any atom is 0.180 e. The summed E-state index contributed by atoms with van der Waals surface area (Å²) < 4.78 is 0. The predicted octanol–water partition coefficient (Wildman–Crippen LogP) is 2.14. The van der Waals surface area contributed by atoms with Gasteiger partial charge in [-0.3, -0.25) is 14.8 Å². The summed E-state index contributed by atoms with van der Waals surface area (Å²) in [7, 11) is 0. The molecule has 0 saturated heterocycles. The van der Waals surface area contributed by atoms with Crippen molar-refractivity contribution in [3.8, 4) is 0 Å². The molecule has 0 aromatic rings. The topological polar surface area (TPSA) is 41.8 Å². The van der Waals surface area contributed by atoms with Crippen molar-refractivity contribution >= 4 is 17.7 Å². The number of ketones is 1. The molecule has 3 rings (SSSR count). The Balaban J connectivity index is 2.12. The molecular formula is C14H16N2O. The molecule has 0 aromatic heterocycles. The van der Waals surface area contributed by atoms with Crippen LogP contribution in [0.1, 0.15) is 26.2 Å². The third-order valence-corrected chi connectivity index (χ3v) is 3.86. The largest absolute Gasteiger partial charge is 0.292 e. The number of aliphatic imine (C=N–C) groups is 2. The molecule has 0 N–H and O–H groups in total. The molecule has 0 amide bonds. The third kappa shape index (κ3) is 1.70. The molecular weight excluding hydrogens is 212 g/mol. The minimum atomic E-state index is 0.189. The summed E-state index contributed by atoms with van der Waals surface area (Å²) in [5, 5.41) is 0. The molecule has 0 radical (unpaired) electrons. The molecule has 1 aliphatic carbocycles. The van der Waals surface area contributed by atoms with Crippen LogP contribution in [0.5, 0.6) is 0 Å². The van der Waals surface area contributed by atoms with Gasteiger partial charge in [-0.2, -0.15) is 0 Å². The van der Waals surface area contributed by atoms with Crippen LogP contribution in [0.2, 0.25) is 0 Å². The van der Waals surface area contributed by atoms with Gasteiger partial charge in [0.05, 0.1) is 6.54 Å². The summed E-state index contributed by atoms with van der Waals surface area (Å²) in [4.78, 5) is 20.9. The summed E-state index contributed by atoms with van der Waals surface area (Å²) in [5.74, 6) is 0.772. The van der Waals surface area contributed by atoms with Gasteiger partial charge in [0.1, 0.15) is 6.54 Å². The van der Waals surface area contributed by atoms with E-state index in [0.29, 0.717) is 12.5 Å². The van der Waals surface area contributed by atoms with Crippen molar-refractivity contribution < 1.29 is 4.79 Å². The Morgan fingerprint density at radius 3 is 3.06 bits per heavy atom. The Bertz CT molecular complexity index is 494. The molecule has 3 nitrogen and oxygen atoms in total. The van der Waals surface area contributed by atoms with Gasteiger partial charge in [-0.05, 0) is 30.4 Å². The lowest BCUT2D eigenvalue weighted by atomic mass is 9.78. The fourth-order valence-electron chi connectivity index (χ4n) is 2.85. The van der Waals surface area contributed by atoms with E-state index < -0.39 is 0 Å². The highest BCUT2D eigenvalue weighted by molar-refractivity contribution is 6.15. The second-order valence-electron chi connectivity index (χ2n) is 4.90. The Kier molecular flexibility index (Phi) is 2.54. The van der Waals surface area contributed by atoms with E-state index in [9.17, 15) is 4.79 Å². The first kappa shape index (κ1) is 10.6. The van der Waals surface area contributed by atoms with Crippen molar-refractivity contribution in [3.05, 3.63) is 22.8 Å². The van der Waals surface area contributed by atoms with E-state index in [1.165, 1.54) is 5.57 Å². The summed E-state index contributed by atoms with van der Waals surface area (Å²) in [6.45, 7) is 3.21. The van der Waals surface area contributed by atoms with Gasteiger partial charge in [-0.15, -0.1) is 0 Å². The number of allylic oxidation sites excluding steroid dienone is 1. The maximum atomic E-state index is 12.1. The van der Waals surface area contributed by atoms with Crippen LogP contribution >= 0.6 is 0 Å². The van der Waals surface area contributed by atoms with Crippen LogP contribution < -0.4 is 0 Å². The number of rotatable bonds is 1. The van der Waals surface area contributed by atoms with E-state index in [2.05, 4.69) is 16.9 Å². The molecule has 3 heteroatoms. The molecule has 17 heavy (non-hydrogen) atoms. The van der Waals surface area contributed by atoms with E-state index in [-0.39, 0.29) is 5.78 Å². The van der Waals surface area contributed by atoms with E-state index in [1.54, 1.807) is 6.21 Å². The molecule has 0 fully saturated rings. The van der Waals surface area contributed by atoms with Crippen LogP contribution in [-0.4, -0.2) is 30.8 Å². The van der Waals surface area contributed by atoms with Gasteiger partial charge in [-0.25, -0.2) is 0 Å². The quantitative estimate of drug-likeness (QED) is 0.678. The normalized spacial score (nSPS) is 30.4. The van der Waals surface area contributed by atoms with Crippen molar-refractivity contribution in [2.75, 3.05) is 13.1 Å². The smallest absolute Gasteiger partial charge is 0.180 e. The zero-order valence-electron chi connectivity index (χ0n) is 10.1. The number of Topliss-reactive ketones (excluding diaryl/α,β-unsaturated/α-hetero) is 1. The molecule has 0 spiro atoms. The average Bonchev–Trinajstić information content (AvgIpc) is 2.74. The number of nitrogens with zero attached hydrogens (tertiary/aromatic N) is 2. The molecule has 88 valence electrons. The minimum Gasteiger partial charge on any atom is -0.292 e. The molecule has 1 unspecified atom stereocenters. The van der Waals surface area contributed by atoms with Gasteiger partial charge in [0.2, 0.25) is 0 Å². The highest BCUT2D eigenvalue weighted by Crippen LogP contribution is 2.37. The van der Waals surface area contributed by atoms with Crippen LogP contribution in [0.25, 0.3) is 0 Å². The van der Waals surface area contributed by atoms with Gasteiger partial charge in [0, 0.05) is 23.1 Å². The van der Waals surface area contributed by atoms with E-state index in [1.807, 2.05) is 6.08 Å². The van der Waals surface area contributed by atoms with Crippen LogP contribution in [0.3, 0.4) is 0 Å². The monoisotopic (exact) mass is 228 g/mol. The molecule has 2 aliphatic heterocycles.